The Labute approximate surface area is 138 Å². The van der Waals surface area contributed by atoms with Gasteiger partial charge in [-0.05, 0) is 30.3 Å². The summed E-state index contributed by atoms with van der Waals surface area (Å²) >= 11 is 0. The first-order chi connectivity index (χ1) is 11.6. The van der Waals surface area contributed by atoms with Crippen LogP contribution >= 0.6 is 0 Å². The second-order valence-corrected chi connectivity index (χ2v) is 5.07. The Morgan fingerprint density at radius 1 is 1.17 bits per heavy atom. The van der Waals surface area contributed by atoms with E-state index in [-0.39, 0.29) is 18.4 Å². The Hall–Kier alpha value is -3.22. The molecule has 0 radical (unpaired) electrons. The van der Waals surface area contributed by atoms with Crippen LogP contribution in [0.4, 0.5) is 11.4 Å². The number of ether oxygens (including phenoxy) is 3. The van der Waals surface area contributed by atoms with Crippen molar-refractivity contribution in [3.8, 4) is 17.2 Å². The van der Waals surface area contributed by atoms with Gasteiger partial charge in [-0.1, -0.05) is 0 Å². The van der Waals surface area contributed by atoms with Crippen LogP contribution in [0.15, 0.2) is 36.4 Å². The number of fused-ring (bicyclic) bond motifs is 1. The second kappa shape index (κ2) is 6.49. The molecule has 0 spiro atoms. The molecule has 2 aromatic carbocycles. The van der Waals surface area contributed by atoms with E-state index in [0.717, 1.165) is 0 Å². The Balaban J connectivity index is 1.85. The number of benzene rings is 2. The number of amides is 2. The summed E-state index contributed by atoms with van der Waals surface area (Å²) in [6.07, 6.45) is 0. The molecule has 24 heavy (non-hydrogen) atoms. The number of carbonyl (C=O) groups excluding carboxylic acids is 2. The van der Waals surface area contributed by atoms with Crippen LogP contribution in [0, 0.1) is 0 Å². The molecule has 1 aliphatic rings. The molecular weight excluding hydrogens is 312 g/mol. The SMILES string of the molecule is COc1ccc(OC)c(NC(=O)c2ccc3c(c2)NC(=O)CO3)c1. The second-order valence-electron chi connectivity index (χ2n) is 5.07. The van der Waals surface area contributed by atoms with Crippen molar-refractivity contribution < 1.29 is 23.8 Å². The van der Waals surface area contributed by atoms with Crippen molar-refractivity contribution in [1.29, 1.82) is 0 Å². The maximum Gasteiger partial charge on any atom is 0.262 e. The predicted molar refractivity (Wildman–Crippen MR) is 88.1 cm³/mol. The van der Waals surface area contributed by atoms with Crippen LogP contribution < -0.4 is 24.8 Å². The van der Waals surface area contributed by atoms with Crippen LogP contribution in [0.1, 0.15) is 10.4 Å². The maximum absolute atomic E-state index is 12.5. The highest BCUT2D eigenvalue weighted by Crippen LogP contribution is 2.31. The number of nitrogens with one attached hydrogen (secondary N) is 2. The summed E-state index contributed by atoms with van der Waals surface area (Å²) < 4.78 is 15.7. The smallest absolute Gasteiger partial charge is 0.262 e. The highest BCUT2D eigenvalue weighted by atomic mass is 16.5. The molecular formula is C17H16N2O5. The van der Waals surface area contributed by atoms with Gasteiger partial charge in [-0.3, -0.25) is 9.59 Å². The Bertz CT molecular complexity index is 804. The third-order valence-corrected chi connectivity index (χ3v) is 3.53. The van der Waals surface area contributed by atoms with Crippen molar-refractivity contribution in [1.82, 2.24) is 0 Å². The van der Waals surface area contributed by atoms with Gasteiger partial charge in [0.1, 0.15) is 17.2 Å². The van der Waals surface area contributed by atoms with Crippen LogP contribution in [0.3, 0.4) is 0 Å². The molecule has 7 heteroatoms. The molecule has 3 rings (SSSR count). The maximum atomic E-state index is 12.5. The summed E-state index contributed by atoms with van der Waals surface area (Å²) in [6, 6.07) is 9.94. The van der Waals surface area contributed by atoms with Gasteiger partial charge in [0.15, 0.2) is 6.61 Å². The quantitative estimate of drug-likeness (QED) is 0.899. The van der Waals surface area contributed by atoms with E-state index < -0.39 is 0 Å². The fourth-order valence-electron chi connectivity index (χ4n) is 2.33. The lowest BCUT2D eigenvalue weighted by Crippen LogP contribution is -2.25. The molecule has 1 heterocycles. The molecule has 2 amide bonds. The van der Waals surface area contributed by atoms with E-state index in [4.69, 9.17) is 14.2 Å². The van der Waals surface area contributed by atoms with E-state index in [1.54, 1.807) is 43.5 Å². The third kappa shape index (κ3) is 3.10. The standard InChI is InChI=1S/C17H16N2O5/c1-22-11-4-6-14(23-2)13(8-11)19-17(21)10-3-5-15-12(7-10)18-16(20)9-24-15/h3-8H,9H2,1-2H3,(H,18,20)(H,19,21). The van der Waals surface area contributed by atoms with Gasteiger partial charge in [0.05, 0.1) is 25.6 Å². The van der Waals surface area contributed by atoms with E-state index in [1.807, 2.05) is 0 Å². The average Bonchev–Trinajstić information content (AvgIpc) is 2.60. The monoisotopic (exact) mass is 328 g/mol. The first kappa shape index (κ1) is 15.7. The van der Waals surface area contributed by atoms with Crippen LogP contribution in [-0.2, 0) is 4.79 Å². The highest BCUT2D eigenvalue weighted by molar-refractivity contribution is 6.07. The Morgan fingerprint density at radius 3 is 2.75 bits per heavy atom. The molecule has 7 nitrogen and oxygen atoms in total. The number of methoxy groups -OCH3 is 2. The predicted octanol–water partition coefficient (Wildman–Crippen LogP) is 2.29. The van der Waals surface area contributed by atoms with Crippen molar-refractivity contribution in [2.45, 2.75) is 0 Å². The van der Waals surface area contributed by atoms with E-state index in [9.17, 15) is 9.59 Å². The van der Waals surface area contributed by atoms with Gasteiger partial charge in [-0.2, -0.15) is 0 Å². The van der Waals surface area contributed by atoms with E-state index >= 15 is 0 Å². The molecule has 0 unspecified atom stereocenters. The van der Waals surface area contributed by atoms with Crippen molar-refractivity contribution in [3.63, 3.8) is 0 Å². The first-order valence-electron chi connectivity index (χ1n) is 7.21. The molecule has 0 aliphatic carbocycles. The third-order valence-electron chi connectivity index (χ3n) is 3.53. The lowest BCUT2D eigenvalue weighted by molar-refractivity contribution is -0.118. The van der Waals surface area contributed by atoms with Gasteiger partial charge in [0.25, 0.3) is 11.8 Å². The van der Waals surface area contributed by atoms with Crippen LogP contribution in [0.5, 0.6) is 17.2 Å². The minimum absolute atomic E-state index is 0.0282. The van der Waals surface area contributed by atoms with Crippen LogP contribution in [0.2, 0.25) is 0 Å². The first-order valence-corrected chi connectivity index (χ1v) is 7.21. The van der Waals surface area contributed by atoms with E-state index in [2.05, 4.69) is 10.6 Å². The number of carbonyl (C=O) groups is 2. The van der Waals surface area contributed by atoms with Crippen molar-refractivity contribution >= 4 is 23.2 Å². The lowest BCUT2D eigenvalue weighted by Gasteiger charge is -2.18. The largest absolute Gasteiger partial charge is 0.497 e. The normalized spacial score (nSPS) is 12.5. The average molecular weight is 328 g/mol. The zero-order valence-electron chi connectivity index (χ0n) is 13.2. The van der Waals surface area contributed by atoms with Crippen LogP contribution in [-0.4, -0.2) is 32.6 Å². The van der Waals surface area contributed by atoms with Gasteiger partial charge in [-0.25, -0.2) is 0 Å². The fourth-order valence-corrected chi connectivity index (χ4v) is 2.33. The molecule has 124 valence electrons. The molecule has 0 atom stereocenters. The summed E-state index contributed by atoms with van der Waals surface area (Å²) in [5.41, 5.74) is 1.33. The van der Waals surface area contributed by atoms with Gasteiger partial charge in [0, 0.05) is 11.6 Å². The van der Waals surface area contributed by atoms with Crippen LogP contribution in [0.25, 0.3) is 0 Å². The van der Waals surface area contributed by atoms with Gasteiger partial charge in [-0.15, -0.1) is 0 Å². The molecule has 0 bridgehead atoms. The van der Waals surface area contributed by atoms with Crippen molar-refractivity contribution in [3.05, 3.63) is 42.0 Å². The summed E-state index contributed by atoms with van der Waals surface area (Å²) in [5.74, 6) is 1.04. The zero-order chi connectivity index (χ0) is 17.1. The zero-order valence-corrected chi connectivity index (χ0v) is 13.2. The molecule has 0 saturated carbocycles. The molecule has 0 aromatic heterocycles. The minimum atomic E-state index is -0.343. The van der Waals surface area contributed by atoms with Gasteiger partial charge < -0.3 is 24.8 Å². The van der Waals surface area contributed by atoms with Crippen molar-refractivity contribution in [2.24, 2.45) is 0 Å². The topological polar surface area (TPSA) is 85.9 Å². The van der Waals surface area contributed by atoms with Crippen molar-refractivity contribution in [2.75, 3.05) is 31.5 Å². The molecule has 0 saturated heterocycles. The Morgan fingerprint density at radius 2 is 2.00 bits per heavy atom. The number of hydrogen-bond acceptors (Lipinski definition) is 5. The summed E-state index contributed by atoms with van der Waals surface area (Å²) in [7, 11) is 3.06. The molecule has 2 aromatic rings. The fraction of sp³-hybridized carbons (Fsp3) is 0.176. The lowest BCUT2D eigenvalue weighted by atomic mass is 10.1. The molecule has 1 aliphatic heterocycles. The Kier molecular flexibility index (Phi) is 4.24. The number of rotatable bonds is 4. The molecule has 0 fully saturated rings. The summed E-state index contributed by atoms with van der Waals surface area (Å²) in [6.45, 7) is -0.0282. The van der Waals surface area contributed by atoms with E-state index in [0.29, 0.717) is 34.2 Å². The van der Waals surface area contributed by atoms with Gasteiger partial charge >= 0.3 is 0 Å². The van der Waals surface area contributed by atoms with E-state index in [1.165, 1.54) is 7.11 Å². The minimum Gasteiger partial charge on any atom is -0.497 e. The summed E-state index contributed by atoms with van der Waals surface area (Å²) in [4.78, 5) is 23.9. The number of hydrogen-bond donors (Lipinski definition) is 2. The molecule has 2 N–H and O–H groups in total. The van der Waals surface area contributed by atoms with Gasteiger partial charge in [0.2, 0.25) is 0 Å². The summed E-state index contributed by atoms with van der Waals surface area (Å²) in [5, 5.41) is 5.44. The highest BCUT2D eigenvalue weighted by Gasteiger charge is 2.18. The number of anilines is 2.